The molecule has 0 spiro atoms. The first-order valence-electron chi connectivity index (χ1n) is 18.6. The molecule has 0 atom stereocenters. The summed E-state index contributed by atoms with van der Waals surface area (Å²) >= 11 is 0. The molecule has 8 rings (SSSR count). The van der Waals surface area contributed by atoms with Crippen LogP contribution < -0.4 is 129 Å². The van der Waals surface area contributed by atoms with Gasteiger partial charge in [0.2, 0.25) is 5.78 Å². The molecule has 2 N–H and O–H groups in total. The van der Waals surface area contributed by atoms with Gasteiger partial charge in [0, 0.05) is 38.5 Å². The average Bonchev–Trinajstić information content (AvgIpc) is 3.26. The maximum Gasteiger partial charge on any atom is 1.00 e. The molecule has 0 unspecified atom stereocenters. The van der Waals surface area contributed by atoms with E-state index in [1.165, 1.54) is 60.7 Å². The Morgan fingerprint density at radius 2 is 0.971 bits per heavy atom. The molecule has 0 radical (unpaired) electrons. The second-order valence-electron chi connectivity index (χ2n) is 14.1. The number of carbonyl (C=O) groups is 1. The smallest absolute Gasteiger partial charge is 0.744 e. The maximum absolute atomic E-state index is 13.7. The van der Waals surface area contributed by atoms with E-state index in [0.717, 1.165) is 42.5 Å². The zero-order chi connectivity index (χ0) is 47.2. The number of ketones is 1. The first kappa shape index (κ1) is 59.1. The normalized spacial score (nSPS) is 13.5. The molecule has 7 aromatic rings. The van der Waals surface area contributed by atoms with Gasteiger partial charge in [-0.15, -0.1) is 15.3 Å². The molecule has 0 saturated carbocycles. The molecule has 1 aliphatic rings. The fourth-order valence-electron chi connectivity index (χ4n) is 6.72. The van der Waals surface area contributed by atoms with Gasteiger partial charge in [0.25, 0.3) is 0 Å². The standard InChI is InChI=1S/C42H29N7O13S4.4Na/c50-42-31-12-9-26(43-25-5-2-1-3-6-25)19-24(31)20-40(66(60,61)62)41(42)49-48-37-16-18-39(35-23-30(65(57,58)59)11-14-33(35)37)47-46-36-15-17-38(34-22-29(64(54,55)56)10-13-32(34)36)45-44-27-7-4-8-28(21-27)63(51,52)53;;;;/h1-23,43,48H,(H,51,52,53)(H,54,55,56)(H,57,58,59)(H,60,61,62);;;;/q;4*+1/p-4/b45-44?,47-46?,49-41+;;;;. The van der Waals surface area contributed by atoms with Crippen LogP contribution in [0.4, 0.5) is 39.8 Å². The van der Waals surface area contributed by atoms with E-state index < -0.39 is 71.6 Å². The molecular weight excluding hydrogens is 1030 g/mol. The van der Waals surface area contributed by atoms with Crippen molar-refractivity contribution in [1.29, 1.82) is 0 Å². The quantitative estimate of drug-likeness (QED) is 0.0508. The molecule has 0 fully saturated rings. The molecule has 0 bridgehead atoms. The van der Waals surface area contributed by atoms with Crippen molar-refractivity contribution in [3.05, 3.63) is 149 Å². The van der Waals surface area contributed by atoms with Crippen molar-refractivity contribution >= 4 is 119 Å². The maximum atomic E-state index is 13.7. The number of hydrogen-bond donors (Lipinski definition) is 2. The topological polar surface area (TPSA) is 332 Å². The number of para-hydroxylation sites is 1. The van der Waals surface area contributed by atoms with Crippen LogP contribution in [-0.4, -0.2) is 63.4 Å². The zero-order valence-electron chi connectivity index (χ0n) is 37.0. The Kier molecular flexibility index (Phi) is 20.0. The number of carbonyl (C=O) groups excluding carboxylic acids is 1. The van der Waals surface area contributed by atoms with Crippen LogP contribution in [0.5, 0.6) is 0 Å². The van der Waals surface area contributed by atoms with Crippen molar-refractivity contribution in [2.45, 2.75) is 14.7 Å². The van der Waals surface area contributed by atoms with E-state index >= 15 is 0 Å². The van der Waals surface area contributed by atoms with Crippen LogP contribution >= 0.6 is 0 Å². The van der Waals surface area contributed by atoms with Gasteiger partial charge in [-0.3, -0.25) is 10.2 Å². The van der Waals surface area contributed by atoms with E-state index in [1.807, 2.05) is 6.07 Å². The zero-order valence-corrected chi connectivity index (χ0v) is 48.2. The van der Waals surface area contributed by atoms with Crippen LogP contribution in [0.15, 0.2) is 179 Å². The van der Waals surface area contributed by atoms with Crippen LogP contribution in [-0.2, 0) is 40.5 Å². The van der Waals surface area contributed by atoms with E-state index in [2.05, 4.69) is 36.3 Å². The van der Waals surface area contributed by atoms with Gasteiger partial charge in [0.1, 0.15) is 46.2 Å². The number of hydrazone groups is 1. The number of rotatable bonds is 12. The second-order valence-corrected chi connectivity index (χ2v) is 19.6. The van der Waals surface area contributed by atoms with Crippen LogP contribution in [0.3, 0.4) is 0 Å². The van der Waals surface area contributed by atoms with Crippen molar-refractivity contribution in [2.75, 3.05) is 10.7 Å². The molecule has 0 heterocycles. The average molecular weight is 1060 g/mol. The fourth-order valence-corrected chi connectivity index (χ4v) is 8.87. The third kappa shape index (κ3) is 13.6. The summed E-state index contributed by atoms with van der Waals surface area (Å²) in [5.74, 6) is -0.904. The van der Waals surface area contributed by atoms with E-state index in [4.69, 9.17) is 0 Å². The molecule has 1 aliphatic carbocycles. The Hall–Kier alpha value is -3.42. The number of anilines is 3. The Morgan fingerprint density at radius 3 is 1.56 bits per heavy atom. The minimum Gasteiger partial charge on any atom is -0.744 e. The van der Waals surface area contributed by atoms with Gasteiger partial charge in [-0.05, 0) is 109 Å². The summed E-state index contributed by atoms with van der Waals surface area (Å²) in [6.45, 7) is 0. The summed E-state index contributed by atoms with van der Waals surface area (Å²) < 4.78 is 145. The van der Waals surface area contributed by atoms with Crippen molar-refractivity contribution < 1.29 is 175 Å². The van der Waals surface area contributed by atoms with Gasteiger partial charge in [-0.1, -0.05) is 36.4 Å². The van der Waals surface area contributed by atoms with Crippen molar-refractivity contribution in [2.24, 2.45) is 25.6 Å². The van der Waals surface area contributed by atoms with Gasteiger partial charge >= 0.3 is 118 Å². The number of Topliss-reactive ketones (excluding diaryl/α,β-unsaturated/α-hetero) is 1. The van der Waals surface area contributed by atoms with Crippen LogP contribution in [0.2, 0.25) is 0 Å². The third-order valence-corrected chi connectivity index (χ3v) is 13.1. The molecule has 0 amide bonds. The summed E-state index contributed by atoms with van der Waals surface area (Å²) in [6.07, 6.45) is 1.02. The minimum absolute atomic E-state index is 0. The van der Waals surface area contributed by atoms with E-state index in [1.54, 1.807) is 30.3 Å². The number of hydrogen-bond acceptors (Lipinski definition) is 20. The van der Waals surface area contributed by atoms with Crippen LogP contribution in [0, 0.1) is 0 Å². The number of nitrogens with zero attached hydrogens (tertiary/aromatic N) is 5. The van der Waals surface area contributed by atoms with Crippen LogP contribution in [0.1, 0.15) is 15.9 Å². The summed E-state index contributed by atoms with van der Waals surface area (Å²) in [6, 6.07) is 29.9. The van der Waals surface area contributed by atoms with E-state index in [0.29, 0.717) is 11.4 Å². The number of nitrogens with one attached hydrogen (secondary N) is 2. The SMILES string of the molecule is O=C1/C(=N/Nc2ccc(N=Nc3ccc(N=Nc4cccc(S(=O)(=O)[O-])c4)c4cc(S(=O)(=O)[O-])ccc34)c3cc(S(=O)(=O)[O-])ccc23)C(S(=O)(=O)[O-])=Cc2cc(Nc3ccccc3)ccc21.[Na+].[Na+].[Na+].[Na+]. The summed E-state index contributed by atoms with van der Waals surface area (Å²) in [5.41, 5.74) is 3.13. The summed E-state index contributed by atoms with van der Waals surface area (Å²) in [5, 5.41) is 24.0. The molecule has 70 heavy (non-hydrogen) atoms. The predicted octanol–water partition coefficient (Wildman–Crippen LogP) is -4.15. The molecule has 7 aromatic carbocycles. The molecule has 334 valence electrons. The second kappa shape index (κ2) is 23.6. The molecule has 0 saturated heterocycles. The Bertz CT molecular complexity index is 3810. The largest absolute Gasteiger partial charge is 1.00 e. The first-order chi connectivity index (χ1) is 31.1. The van der Waals surface area contributed by atoms with E-state index in [-0.39, 0.29) is 179 Å². The Labute approximate surface area is 488 Å². The predicted molar refractivity (Wildman–Crippen MR) is 236 cm³/mol. The van der Waals surface area contributed by atoms with Gasteiger partial charge in [-0.2, -0.15) is 10.2 Å². The Balaban J connectivity index is 0.00000266. The number of allylic oxidation sites excluding steroid dienone is 1. The molecule has 0 aromatic heterocycles. The number of benzene rings is 7. The summed E-state index contributed by atoms with van der Waals surface area (Å²) in [4.78, 5) is 10.9. The minimum atomic E-state index is -5.30. The summed E-state index contributed by atoms with van der Waals surface area (Å²) in [7, 11) is -20.2. The molecule has 20 nitrogen and oxygen atoms in total. The Morgan fingerprint density at radius 1 is 0.443 bits per heavy atom. The van der Waals surface area contributed by atoms with Gasteiger partial charge in [0.15, 0.2) is 0 Å². The third-order valence-electron chi connectivity index (χ3n) is 9.78. The van der Waals surface area contributed by atoms with Gasteiger partial charge in [0.05, 0.1) is 48.0 Å². The molecule has 28 heteroatoms. The van der Waals surface area contributed by atoms with E-state index in [9.17, 15) is 56.7 Å². The van der Waals surface area contributed by atoms with Crippen molar-refractivity contribution in [3.8, 4) is 0 Å². The number of fused-ring (bicyclic) bond motifs is 3. The van der Waals surface area contributed by atoms with Crippen molar-refractivity contribution in [1.82, 2.24) is 0 Å². The van der Waals surface area contributed by atoms with Gasteiger partial charge in [-0.25, -0.2) is 33.7 Å². The van der Waals surface area contributed by atoms with Gasteiger partial charge < -0.3 is 23.5 Å². The molecular formula is C42H25N7Na4O13S4. The first-order valence-corrected chi connectivity index (χ1v) is 24.2. The van der Waals surface area contributed by atoms with Crippen LogP contribution in [0.25, 0.3) is 27.6 Å². The van der Waals surface area contributed by atoms with Crippen molar-refractivity contribution in [3.63, 3.8) is 0 Å². The molecule has 0 aliphatic heterocycles. The monoisotopic (exact) mass is 1050 g/mol. The fraction of sp³-hybridized carbons (Fsp3) is 0. The number of azo groups is 2.